The van der Waals surface area contributed by atoms with Gasteiger partial charge in [0, 0.05) is 13.6 Å². The van der Waals surface area contributed by atoms with Crippen LogP contribution in [0, 0.1) is 0 Å². The lowest BCUT2D eigenvalue weighted by molar-refractivity contribution is 0.304. The second-order valence-electron chi connectivity index (χ2n) is 2.07. The average Bonchev–Trinajstić information content (AvgIpc) is 2.36. The first-order valence-electron chi connectivity index (χ1n) is 3.15. The molecule has 1 heterocycles. The Hall–Kier alpha value is -0.880. The van der Waals surface area contributed by atoms with Crippen LogP contribution in [0.1, 0.15) is 0 Å². The van der Waals surface area contributed by atoms with Crippen molar-refractivity contribution in [2.75, 3.05) is 30.8 Å². The predicted molar refractivity (Wildman–Crippen MR) is 44.7 cm³/mol. The van der Waals surface area contributed by atoms with Crippen LogP contribution in [0.5, 0.6) is 0 Å². The minimum Gasteiger partial charge on any atom is -0.395 e. The first-order valence-corrected chi connectivity index (χ1v) is 3.96. The number of likely N-dealkylation sites (N-methyl/N-ethyl adjacent to an activating group) is 1. The number of hydrogen-bond donors (Lipinski definition) is 2. The van der Waals surface area contributed by atoms with Gasteiger partial charge < -0.3 is 15.7 Å². The molecule has 62 valence electrons. The number of hydrogen-bond acceptors (Lipinski definition) is 6. The molecule has 5 nitrogen and oxygen atoms in total. The first-order chi connectivity index (χ1) is 5.24. The largest absolute Gasteiger partial charge is 0.395 e. The van der Waals surface area contributed by atoms with Gasteiger partial charge in [0.15, 0.2) is 0 Å². The molecule has 3 N–H and O–H groups in total. The topological polar surface area (TPSA) is 75.3 Å². The average molecular weight is 174 g/mol. The summed E-state index contributed by atoms with van der Waals surface area (Å²) in [7, 11) is 1.83. The summed E-state index contributed by atoms with van der Waals surface area (Å²) in [5, 5.41) is 17.2. The van der Waals surface area contributed by atoms with Crippen molar-refractivity contribution in [2.24, 2.45) is 0 Å². The molecular weight excluding hydrogens is 164 g/mol. The summed E-state index contributed by atoms with van der Waals surface area (Å²) in [5.41, 5.74) is 5.37. The molecule has 1 aromatic rings. The first kappa shape index (κ1) is 8.22. The maximum atomic E-state index is 8.59. The van der Waals surface area contributed by atoms with Crippen molar-refractivity contribution >= 4 is 21.6 Å². The van der Waals surface area contributed by atoms with E-state index in [0.717, 1.165) is 5.13 Å². The molecule has 0 amide bonds. The van der Waals surface area contributed by atoms with Gasteiger partial charge in [0.1, 0.15) is 0 Å². The maximum absolute atomic E-state index is 8.59. The van der Waals surface area contributed by atoms with Crippen molar-refractivity contribution in [1.82, 2.24) is 10.2 Å². The summed E-state index contributed by atoms with van der Waals surface area (Å²) >= 11 is 1.31. The van der Waals surface area contributed by atoms with Crippen molar-refractivity contribution < 1.29 is 5.11 Å². The molecule has 0 saturated carbocycles. The molecule has 0 radical (unpaired) electrons. The zero-order valence-electron chi connectivity index (χ0n) is 6.19. The van der Waals surface area contributed by atoms with Crippen molar-refractivity contribution in [2.45, 2.75) is 0 Å². The van der Waals surface area contributed by atoms with Crippen LogP contribution in [0.3, 0.4) is 0 Å². The van der Waals surface area contributed by atoms with E-state index >= 15 is 0 Å². The van der Waals surface area contributed by atoms with E-state index in [1.807, 2.05) is 7.05 Å². The molecule has 0 aliphatic rings. The monoisotopic (exact) mass is 174 g/mol. The molecule has 0 atom stereocenters. The van der Waals surface area contributed by atoms with E-state index in [9.17, 15) is 0 Å². The second kappa shape index (κ2) is 3.49. The molecule has 0 saturated heterocycles. The minimum atomic E-state index is 0.107. The molecular formula is C5H10N4OS. The van der Waals surface area contributed by atoms with E-state index in [1.54, 1.807) is 4.90 Å². The van der Waals surface area contributed by atoms with Crippen molar-refractivity contribution in [1.29, 1.82) is 0 Å². The van der Waals surface area contributed by atoms with Gasteiger partial charge in [-0.2, -0.15) is 0 Å². The zero-order chi connectivity index (χ0) is 8.27. The molecule has 0 aliphatic carbocycles. The highest BCUT2D eigenvalue weighted by Crippen LogP contribution is 2.19. The minimum absolute atomic E-state index is 0.107. The zero-order valence-corrected chi connectivity index (χ0v) is 7.01. The molecule has 11 heavy (non-hydrogen) atoms. The van der Waals surface area contributed by atoms with Gasteiger partial charge in [-0.15, -0.1) is 10.2 Å². The SMILES string of the molecule is CN(CCO)c1nnc(N)s1. The molecule has 6 heteroatoms. The van der Waals surface area contributed by atoms with Gasteiger partial charge in [0.05, 0.1) is 6.61 Å². The van der Waals surface area contributed by atoms with Gasteiger partial charge in [-0.1, -0.05) is 11.3 Å². The fourth-order valence-electron chi connectivity index (χ4n) is 0.626. The normalized spacial score (nSPS) is 10.0. The van der Waals surface area contributed by atoms with Crippen molar-refractivity contribution in [3.05, 3.63) is 0 Å². The molecule has 0 fully saturated rings. The van der Waals surface area contributed by atoms with E-state index in [-0.39, 0.29) is 6.61 Å². The van der Waals surface area contributed by atoms with Crippen molar-refractivity contribution in [3.8, 4) is 0 Å². The lowest BCUT2D eigenvalue weighted by atomic mass is 10.6. The quantitative estimate of drug-likeness (QED) is 0.649. The fourth-order valence-corrected chi connectivity index (χ4v) is 1.22. The number of aliphatic hydroxyl groups is 1. The molecule has 0 unspecified atom stereocenters. The number of aliphatic hydroxyl groups excluding tert-OH is 1. The third-order valence-corrected chi connectivity index (χ3v) is 2.06. The third kappa shape index (κ3) is 2.02. The van der Waals surface area contributed by atoms with Crippen molar-refractivity contribution in [3.63, 3.8) is 0 Å². The Labute approximate surface area is 68.5 Å². The number of nitrogens with zero attached hydrogens (tertiary/aromatic N) is 3. The standard InChI is InChI=1S/C5H10N4OS/c1-9(2-3-10)5-8-7-4(6)11-5/h10H,2-3H2,1H3,(H2,6,7). The van der Waals surface area contributed by atoms with Gasteiger partial charge in [-0.25, -0.2) is 0 Å². The summed E-state index contributed by atoms with van der Waals surface area (Å²) < 4.78 is 0. The van der Waals surface area contributed by atoms with Crippen LogP contribution in [-0.2, 0) is 0 Å². The molecule has 0 bridgehead atoms. The smallest absolute Gasteiger partial charge is 0.209 e. The summed E-state index contributed by atoms with van der Waals surface area (Å²) in [5.74, 6) is 0. The Morgan fingerprint density at radius 3 is 2.82 bits per heavy atom. The van der Waals surface area contributed by atoms with E-state index in [4.69, 9.17) is 10.8 Å². The lowest BCUT2D eigenvalue weighted by Crippen LogP contribution is -2.20. The summed E-state index contributed by atoms with van der Waals surface area (Å²) in [6, 6.07) is 0. The summed E-state index contributed by atoms with van der Waals surface area (Å²) in [6.45, 7) is 0.657. The van der Waals surface area contributed by atoms with Gasteiger partial charge >= 0.3 is 0 Å². The van der Waals surface area contributed by atoms with E-state index in [1.165, 1.54) is 11.3 Å². The Morgan fingerprint density at radius 2 is 2.36 bits per heavy atom. The molecule has 0 aromatic carbocycles. The predicted octanol–water partition coefficient (Wildman–Crippen LogP) is -0.451. The van der Waals surface area contributed by atoms with Crippen LogP contribution >= 0.6 is 11.3 Å². The van der Waals surface area contributed by atoms with E-state index in [0.29, 0.717) is 11.7 Å². The molecule has 0 spiro atoms. The number of aromatic nitrogens is 2. The van der Waals surface area contributed by atoms with Crippen LogP contribution in [-0.4, -0.2) is 35.5 Å². The van der Waals surface area contributed by atoms with Crippen LogP contribution < -0.4 is 10.6 Å². The maximum Gasteiger partial charge on any atom is 0.209 e. The Kier molecular flexibility index (Phi) is 2.61. The number of rotatable bonds is 3. The Bertz CT molecular complexity index is 226. The third-order valence-electron chi connectivity index (χ3n) is 1.19. The summed E-state index contributed by atoms with van der Waals surface area (Å²) in [4.78, 5) is 1.80. The van der Waals surface area contributed by atoms with Crippen LogP contribution in [0.2, 0.25) is 0 Å². The highest BCUT2D eigenvalue weighted by molar-refractivity contribution is 7.18. The number of nitrogens with two attached hydrogens (primary N) is 1. The van der Waals surface area contributed by atoms with E-state index in [2.05, 4.69) is 10.2 Å². The Balaban J connectivity index is 2.60. The molecule has 1 rings (SSSR count). The highest BCUT2D eigenvalue weighted by atomic mass is 32.1. The molecule has 0 aliphatic heterocycles. The van der Waals surface area contributed by atoms with Crippen LogP contribution in [0.15, 0.2) is 0 Å². The lowest BCUT2D eigenvalue weighted by Gasteiger charge is -2.11. The van der Waals surface area contributed by atoms with Gasteiger partial charge in [-0.3, -0.25) is 0 Å². The number of nitrogen functional groups attached to an aromatic ring is 1. The van der Waals surface area contributed by atoms with Gasteiger partial charge in [0.2, 0.25) is 10.3 Å². The van der Waals surface area contributed by atoms with E-state index < -0.39 is 0 Å². The van der Waals surface area contributed by atoms with Crippen LogP contribution in [0.4, 0.5) is 10.3 Å². The summed E-state index contributed by atoms with van der Waals surface area (Å²) in [6.07, 6.45) is 0. The fraction of sp³-hybridized carbons (Fsp3) is 0.600. The second-order valence-corrected chi connectivity index (χ2v) is 3.06. The Morgan fingerprint density at radius 1 is 1.64 bits per heavy atom. The van der Waals surface area contributed by atoms with Crippen LogP contribution in [0.25, 0.3) is 0 Å². The molecule has 1 aromatic heterocycles. The van der Waals surface area contributed by atoms with Gasteiger partial charge in [-0.05, 0) is 0 Å². The highest BCUT2D eigenvalue weighted by Gasteiger charge is 2.04. The number of anilines is 2. The van der Waals surface area contributed by atoms with Gasteiger partial charge in [0.25, 0.3) is 0 Å².